The average Bonchev–Trinajstić information content (AvgIpc) is 2.14. The summed E-state index contributed by atoms with van der Waals surface area (Å²) in [6.45, 7) is 5.26. The number of halogens is 1. The van der Waals surface area contributed by atoms with E-state index in [-0.39, 0.29) is 5.54 Å². The van der Waals surface area contributed by atoms with E-state index in [1.165, 1.54) is 5.56 Å². The normalized spacial score (nSPS) is 19.0. The highest BCUT2D eigenvalue weighted by Gasteiger charge is 2.30. The molecular formula is C11H15ClN2. The molecule has 1 aromatic carbocycles. The van der Waals surface area contributed by atoms with Gasteiger partial charge in [-0.3, -0.25) is 0 Å². The van der Waals surface area contributed by atoms with Crippen molar-refractivity contribution in [1.29, 1.82) is 0 Å². The number of benzene rings is 1. The molecule has 0 aliphatic carbocycles. The van der Waals surface area contributed by atoms with E-state index in [1.54, 1.807) is 0 Å². The third-order valence-electron chi connectivity index (χ3n) is 2.66. The molecule has 0 amide bonds. The zero-order chi connectivity index (χ0) is 10.0. The van der Waals surface area contributed by atoms with Gasteiger partial charge in [-0.1, -0.05) is 23.7 Å². The average molecular weight is 211 g/mol. The number of hydrogen-bond acceptors (Lipinski definition) is 2. The summed E-state index contributed by atoms with van der Waals surface area (Å²) in [7, 11) is 0. The molecule has 2 N–H and O–H groups in total. The van der Waals surface area contributed by atoms with Gasteiger partial charge in [-0.15, -0.1) is 0 Å². The Morgan fingerprint density at radius 2 is 2.00 bits per heavy atom. The van der Waals surface area contributed by atoms with Crippen molar-refractivity contribution in [3.8, 4) is 0 Å². The summed E-state index contributed by atoms with van der Waals surface area (Å²) >= 11 is 5.81. The van der Waals surface area contributed by atoms with Crippen LogP contribution in [0.3, 0.4) is 0 Å². The minimum Gasteiger partial charge on any atom is -0.313 e. The van der Waals surface area contributed by atoms with Gasteiger partial charge >= 0.3 is 0 Å². The van der Waals surface area contributed by atoms with Gasteiger partial charge in [-0.05, 0) is 24.6 Å². The van der Waals surface area contributed by atoms with E-state index < -0.39 is 0 Å². The van der Waals surface area contributed by atoms with Crippen LogP contribution in [0.5, 0.6) is 0 Å². The Labute approximate surface area is 89.7 Å². The van der Waals surface area contributed by atoms with Gasteiger partial charge in [-0.2, -0.15) is 0 Å². The molecule has 1 aromatic rings. The molecule has 3 heteroatoms. The molecule has 1 saturated heterocycles. The first kappa shape index (κ1) is 9.97. The number of rotatable bonds is 3. The van der Waals surface area contributed by atoms with Crippen LogP contribution >= 0.6 is 11.6 Å². The van der Waals surface area contributed by atoms with Crippen LogP contribution < -0.4 is 10.6 Å². The monoisotopic (exact) mass is 210 g/mol. The van der Waals surface area contributed by atoms with Crippen molar-refractivity contribution in [2.24, 2.45) is 0 Å². The highest BCUT2D eigenvalue weighted by molar-refractivity contribution is 6.30. The predicted octanol–water partition coefficient (Wildman–Crippen LogP) is 1.79. The van der Waals surface area contributed by atoms with Gasteiger partial charge in [0.2, 0.25) is 0 Å². The minimum absolute atomic E-state index is 0.277. The van der Waals surface area contributed by atoms with Crippen molar-refractivity contribution < 1.29 is 0 Å². The van der Waals surface area contributed by atoms with Crippen LogP contribution in [-0.4, -0.2) is 18.6 Å². The standard InChI is InChI=1S/C11H15ClN2/c1-11(7-13-8-11)14-6-9-2-4-10(12)5-3-9/h2-5,13-14H,6-8H2,1H3. The molecule has 1 heterocycles. The van der Waals surface area contributed by atoms with E-state index in [2.05, 4.69) is 29.7 Å². The Hall–Kier alpha value is -0.570. The second-order valence-electron chi connectivity index (χ2n) is 4.14. The smallest absolute Gasteiger partial charge is 0.0406 e. The van der Waals surface area contributed by atoms with E-state index in [0.29, 0.717) is 0 Å². The lowest BCUT2D eigenvalue weighted by Gasteiger charge is -2.40. The maximum atomic E-state index is 5.81. The zero-order valence-electron chi connectivity index (χ0n) is 8.31. The molecule has 0 saturated carbocycles. The second-order valence-corrected chi connectivity index (χ2v) is 4.58. The van der Waals surface area contributed by atoms with Crippen LogP contribution in [-0.2, 0) is 6.54 Å². The number of hydrogen-bond donors (Lipinski definition) is 2. The highest BCUT2D eigenvalue weighted by Crippen LogP contribution is 2.13. The largest absolute Gasteiger partial charge is 0.313 e. The summed E-state index contributed by atoms with van der Waals surface area (Å²) in [5.74, 6) is 0. The topological polar surface area (TPSA) is 24.1 Å². The first-order valence-electron chi connectivity index (χ1n) is 4.88. The Morgan fingerprint density at radius 3 is 2.50 bits per heavy atom. The SMILES string of the molecule is CC1(NCc2ccc(Cl)cc2)CNC1. The summed E-state index contributed by atoms with van der Waals surface area (Å²) in [6.07, 6.45) is 0. The van der Waals surface area contributed by atoms with Crippen molar-refractivity contribution in [3.63, 3.8) is 0 Å². The molecule has 1 aliphatic rings. The van der Waals surface area contributed by atoms with Gasteiger partial charge in [-0.25, -0.2) is 0 Å². The fraction of sp³-hybridized carbons (Fsp3) is 0.455. The summed E-state index contributed by atoms with van der Waals surface area (Å²) in [6, 6.07) is 7.98. The molecule has 1 fully saturated rings. The van der Waals surface area contributed by atoms with Gasteiger partial charge in [0.15, 0.2) is 0 Å². The molecule has 0 bridgehead atoms. The molecule has 14 heavy (non-hydrogen) atoms. The van der Waals surface area contributed by atoms with Crippen molar-refractivity contribution in [3.05, 3.63) is 34.9 Å². The summed E-state index contributed by atoms with van der Waals surface area (Å²) in [5, 5.41) is 7.59. The summed E-state index contributed by atoms with van der Waals surface area (Å²) in [5.41, 5.74) is 1.56. The lowest BCUT2D eigenvalue weighted by Crippen LogP contribution is -2.65. The summed E-state index contributed by atoms with van der Waals surface area (Å²) in [4.78, 5) is 0. The molecule has 2 rings (SSSR count). The predicted molar refractivity (Wildman–Crippen MR) is 59.6 cm³/mol. The van der Waals surface area contributed by atoms with Gasteiger partial charge in [0.1, 0.15) is 0 Å². The molecule has 0 unspecified atom stereocenters. The molecular weight excluding hydrogens is 196 g/mol. The third kappa shape index (κ3) is 2.27. The molecule has 0 atom stereocenters. The molecule has 0 aromatic heterocycles. The minimum atomic E-state index is 0.277. The van der Waals surface area contributed by atoms with Crippen molar-refractivity contribution in [1.82, 2.24) is 10.6 Å². The Kier molecular flexibility index (Phi) is 2.77. The molecule has 2 nitrogen and oxygen atoms in total. The number of nitrogens with one attached hydrogen (secondary N) is 2. The van der Waals surface area contributed by atoms with Gasteiger partial charge < -0.3 is 10.6 Å². The third-order valence-corrected chi connectivity index (χ3v) is 2.91. The first-order valence-corrected chi connectivity index (χ1v) is 5.26. The summed E-state index contributed by atoms with van der Waals surface area (Å²) < 4.78 is 0. The second kappa shape index (κ2) is 3.89. The van der Waals surface area contributed by atoms with Crippen molar-refractivity contribution >= 4 is 11.6 Å². The van der Waals surface area contributed by atoms with E-state index in [1.807, 2.05) is 12.1 Å². The van der Waals surface area contributed by atoms with E-state index in [4.69, 9.17) is 11.6 Å². The van der Waals surface area contributed by atoms with Gasteiger partial charge in [0.25, 0.3) is 0 Å². The van der Waals surface area contributed by atoms with Crippen LogP contribution in [0.15, 0.2) is 24.3 Å². The van der Waals surface area contributed by atoms with Crippen LogP contribution in [0.25, 0.3) is 0 Å². The lowest BCUT2D eigenvalue weighted by atomic mass is 9.95. The maximum Gasteiger partial charge on any atom is 0.0406 e. The van der Waals surface area contributed by atoms with Crippen molar-refractivity contribution in [2.45, 2.75) is 19.0 Å². The quantitative estimate of drug-likeness (QED) is 0.795. The van der Waals surface area contributed by atoms with Gasteiger partial charge in [0.05, 0.1) is 0 Å². The van der Waals surface area contributed by atoms with Crippen molar-refractivity contribution in [2.75, 3.05) is 13.1 Å². The van der Waals surface area contributed by atoms with Crippen LogP contribution in [0.1, 0.15) is 12.5 Å². The van der Waals surface area contributed by atoms with E-state index in [0.717, 1.165) is 24.7 Å². The zero-order valence-corrected chi connectivity index (χ0v) is 9.06. The molecule has 1 aliphatic heterocycles. The maximum absolute atomic E-state index is 5.81. The van der Waals surface area contributed by atoms with E-state index in [9.17, 15) is 0 Å². The fourth-order valence-corrected chi connectivity index (χ4v) is 1.67. The van der Waals surface area contributed by atoms with E-state index >= 15 is 0 Å². The first-order chi connectivity index (χ1) is 6.68. The van der Waals surface area contributed by atoms with Crippen LogP contribution in [0, 0.1) is 0 Å². The highest BCUT2D eigenvalue weighted by atomic mass is 35.5. The van der Waals surface area contributed by atoms with Gasteiger partial charge in [0, 0.05) is 30.2 Å². The molecule has 0 radical (unpaired) electrons. The van der Waals surface area contributed by atoms with Crippen LogP contribution in [0.2, 0.25) is 5.02 Å². The Morgan fingerprint density at radius 1 is 1.36 bits per heavy atom. The lowest BCUT2D eigenvalue weighted by molar-refractivity contribution is 0.237. The molecule has 76 valence electrons. The van der Waals surface area contributed by atoms with Crippen LogP contribution in [0.4, 0.5) is 0 Å². The molecule has 0 spiro atoms. The Bertz CT molecular complexity index is 304. The Balaban J connectivity index is 1.88. The fourth-order valence-electron chi connectivity index (χ4n) is 1.54.